The zero-order chi connectivity index (χ0) is 17.9. The maximum atomic E-state index is 12.2. The molecule has 0 spiro atoms. The second kappa shape index (κ2) is 6.64. The Morgan fingerprint density at radius 3 is 2.58 bits per heavy atom. The average molecular weight is 344 g/mol. The first-order chi connectivity index (χ1) is 12.7. The molecule has 0 amide bonds. The Morgan fingerprint density at radius 1 is 1.00 bits per heavy atom. The summed E-state index contributed by atoms with van der Waals surface area (Å²) in [7, 11) is 0. The molecule has 128 valence electrons. The van der Waals surface area contributed by atoms with Crippen LogP contribution in [-0.4, -0.2) is 26.4 Å². The van der Waals surface area contributed by atoms with E-state index in [1.807, 2.05) is 61.5 Å². The molecule has 26 heavy (non-hydrogen) atoms. The van der Waals surface area contributed by atoms with E-state index in [1.54, 1.807) is 6.21 Å². The van der Waals surface area contributed by atoms with Crippen molar-refractivity contribution >= 4 is 23.1 Å². The van der Waals surface area contributed by atoms with Crippen molar-refractivity contribution in [3.05, 3.63) is 76.2 Å². The van der Waals surface area contributed by atoms with E-state index in [1.165, 1.54) is 0 Å². The number of hydrogen-bond acceptors (Lipinski definition) is 5. The van der Waals surface area contributed by atoms with E-state index < -0.39 is 0 Å². The molecule has 0 aliphatic heterocycles. The number of rotatable bonds is 4. The SMILES string of the molecule is Cc1[nH]c2ccccc2c1/C=N/Nc1nnc(-c2ccccc2)c(=O)[nH]1. The molecule has 0 fully saturated rings. The Bertz CT molecular complexity index is 1140. The summed E-state index contributed by atoms with van der Waals surface area (Å²) in [5.41, 5.74) is 6.41. The van der Waals surface area contributed by atoms with Crippen LogP contribution in [0.25, 0.3) is 22.2 Å². The molecule has 0 atom stereocenters. The lowest BCUT2D eigenvalue weighted by atomic mass is 10.1. The molecule has 0 radical (unpaired) electrons. The van der Waals surface area contributed by atoms with E-state index in [9.17, 15) is 4.79 Å². The largest absolute Gasteiger partial charge is 0.358 e. The summed E-state index contributed by atoms with van der Waals surface area (Å²) < 4.78 is 0. The van der Waals surface area contributed by atoms with Gasteiger partial charge in [0, 0.05) is 27.7 Å². The van der Waals surface area contributed by atoms with Gasteiger partial charge < -0.3 is 4.98 Å². The fourth-order valence-electron chi connectivity index (χ4n) is 2.79. The van der Waals surface area contributed by atoms with Gasteiger partial charge in [-0.2, -0.15) is 5.10 Å². The number of nitrogens with one attached hydrogen (secondary N) is 3. The summed E-state index contributed by atoms with van der Waals surface area (Å²) in [4.78, 5) is 18.2. The van der Waals surface area contributed by atoms with E-state index in [-0.39, 0.29) is 17.2 Å². The van der Waals surface area contributed by atoms with Crippen molar-refractivity contribution in [3.8, 4) is 11.3 Å². The van der Waals surface area contributed by atoms with Gasteiger partial charge in [-0.15, -0.1) is 10.2 Å². The lowest BCUT2D eigenvalue weighted by Gasteiger charge is -2.01. The quantitative estimate of drug-likeness (QED) is 0.391. The second-order valence-corrected chi connectivity index (χ2v) is 5.80. The number of hydrogen-bond donors (Lipinski definition) is 3. The minimum atomic E-state index is -0.327. The van der Waals surface area contributed by atoms with Crippen LogP contribution in [0.5, 0.6) is 0 Å². The Morgan fingerprint density at radius 2 is 1.77 bits per heavy atom. The molecule has 4 rings (SSSR count). The van der Waals surface area contributed by atoms with Gasteiger partial charge in [-0.25, -0.2) is 5.43 Å². The number of benzene rings is 2. The summed E-state index contributed by atoms with van der Waals surface area (Å²) in [6.07, 6.45) is 1.69. The first-order valence-corrected chi connectivity index (χ1v) is 8.11. The van der Waals surface area contributed by atoms with E-state index in [4.69, 9.17) is 0 Å². The summed E-state index contributed by atoms with van der Waals surface area (Å²) >= 11 is 0. The molecule has 0 bridgehead atoms. The number of fused-ring (bicyclic) bond motifs is 1. The molecule has 4 aromatic rings. The fraction of sp³-hybridized carbons (Fsp3) is 0.0526. The van der Waals surface area contributed by atoms with Gasteiger partial charge >= 0.3 is 0 Å². The van der Waals surface area contributed by atoms with Crippen LogP contribution in [0.1, 0.15) is 11.3 Å². The highest BCUT2D eigenvalue weighted by Crippen LogP contribution is 2.20. The van der Waals surface area contributed by atoms with Gasteiger partial charge in [0.2, 0.25) is 5.95 Å². The molecule has 0 unspecified atom stereocenters. The molecular weight excluding hydrogens is 328 g/mol. The maximum absolute atomic E-state index is 12.2. The summed E-state index contributed by atoms with van der Waals surface area (Å²) in [6.45, 7) is 1.98. The van der Waals surface area contributed by atoms with E-state index >= 15 is 0 Å². The van der Waals surface area contributed by atoms with Crippen molar-refractivity contribution in [2.45, 2.75) is 6.92 Å². The van der Waals surface area contributed by atoms with Crippen LogP contribution in [0.3, 0.4) is 0 Å². The highest BCUT2D eigenvalue weighted by molar-refractivity contribution is 6.00. The van der Waals surface area contributed by atoms with Crippen LogP contribution in [0.4, 0.5) is 5.95 Å². The van der Waals surface area contributed by atoms with Crippen molar-refractivity contribution in [1.82, 2.24) is 20.2 Å². The highest BCUT2D eigenvalue weighted by Gasteiger charge is 2.07. The number of aromatic amines is 2. The topological polar surface area (TPSA) is 98.8 Å². The van der Waals surface area contributed by atoms with Crippen molar-refractivity contribution in [2.24, 2.45) is 5.10 Å². The van der Waals surface area contributed by atoms with E-state index in [0.717, 1.165) is 22.2 Å². The number of anilines is 1. The summed E-state index contributed by atoms with van der Waals surface area (Å²) in [5.74, 6) is 0.184. The third-order valence-corrected chi connectivity index (χ3v) is 4.05. The number of H-pyrrole nitrogens is 2. The zero-order valence-corrected chi connectivity index (χ0v) is 14.0. The minimum Gasteiger partial charge on any atom is -0.358 e. The number of hydrazone groups is 1. The van der Waals surface area contributed by atoms with Crippen LogP contribution in [0.15, 0.2) is 64.5 Å². The van der Waals surface area contributed by atoms with Crippen LogP contribution in [0, 0.1) is 6.92 Å². The normalized spacial score (nSPS) is 11.3. The Hall–Kier alpha value is -3.74. The Labute approximate surface area is 148 Å². The molecule has 2 aromatic heterocycles. The van der Waals surface area contributed by atoms with E-state index in [0.29, 0.717) is 5.56 Å². The van der Waals surface area contributed by atoms with Crippen LogP contribution >= 0.6 is 0 Å². The smallest absolute Gasteiger partial charge is 0.279 e. The third-order valence-electron chi connectivity index (χ3n) is 4.05. The van der Waals surface area contributed by atoms with Crippen molar-refractivity contribution < 1.29 is 0 Å². The molecule has 2 aromatic carbocycles. The monoisotopic (exact) mass is 344 g/mol. The molecule has 0 aliphatic carbocycles. The molecule has 0 aliphatic rings. The maximum Gasteiger partial charge on any atom is 0.279 e. The van der Waals surface area contributed by atoms with Crippen molar-refractivity contribution in [3.63, 3.8) is 0 Å². The molecule has 7 heteroatoms. The van der Waals surface area contributed by atoms with Crippen LogP contribution in [0.2, 0.25) is 0 Å². The lowest BCUT2D eigenvalue weighted by Crippen LogP contribution is -2.15. The zero-order valence-electron chi connectivity index (χ0n) is 14.0. The number of aryl methyl sites for hydroxylation is 1. The summed E-state index contributed by atoms with van der Waals surface area (Å²) in [6, 6.07) is 17.2. The van der Waals surface area contributed by atoms with Gasteiger partial charge in [0.15, 0.2) is 5.69 Å². The Kier molecular flexibility index (Phi) is 4.03. The van der Waals surface area contributed by atoms with Crippen LogP contribution in [-0.2, 0) is 0 Å². The summed E-state index contributed by atoms with van der Waals surface area (Å²) in [5, 5.41) is 13.2. The van der Waals surface area contributed by atoms with Gasteiger partial charge in [0.25, 0.3) is 5.56 Å². The number of aromatic nitrogens is 4. The number of nitrogens with zero attached hydrogens (tertiary/aromatic N) is 3. The molecular formula is C19H16N6O. The van der Waals surface area contributed by atoms with Crippen molar-refractivity contribution in [2.75, 3.05) is 5.43 Å². The van der Waals surface area contributed by atoms with Gasteiger partial charge in [-0.05, 0) is 13.0 Å². The first-order valence-electron chi connectivity index (χ1n) is 8.11. The van der Waals surface area contributed by atoms with Gasteiger partial charge in [0.05, 0.1) is 6.21 Å². The first kappa shape index (κ1) is 15.8. The predicted molar refractivity (Wildman–Crippen MR) is 102 cm³/mol. The van der Waals surface area contributed by atoms with Gasteiger partial charge in [-0.1, -0.05) is 48.5 Å². The predicted octanol–water partition coefficient (Wildman–Crippen LogP) is 3.07. The second-order valence-electron chi connectivity index (χ2n) is 5.80. The van der Waals surface area contributed by atoms with Crippen LogP contribution < -0.4 is 11.0 Å². The van der Waals surface area contributed by atoms with E-state index in [2.05, 4.69) is 30.7 Å². The standard InChI is InChI=1S/C19H16N6O/c1-12-15(14-9-5-6-10-16(14)21-12)11-20-24-19-22-18(26)17(23-25-19)13-7-3-2-4-8-13/h2-11,21H,1H3,(H2,22,24,25,26)/b20-11+. The van der Waals surface area contributed by atoms with Crippen molar-refractivity contribution in [1.29, 1.82) is 0 Å². The van der Waals surface area contributed by atoms with Gasteiger partial charge in [0.1, 0.15) is 0 Å². The molecule has 2 heterocycles. The lowest BCUT2D eigenvalue weighted by molar-refractivity contribution is 0.947. The number of para-hydroxylation sites is 1. The molecule has 0 saturated carbocycles. The minimum absolute atomic E-state index is 0.184. The molecule has 0 saturated heterocycles. The third kappa shape index (κ3) is 2.98. The molecule has 7 nitrogen and oxygen atoms in total. The molecule has 3 N–H and O–H groups in total. The van der Waals surface area contributed by atoms with Gasteiger partial charge in [-0.3, -0.25) is 9.78 Å². The fourth-order valence-corrected chi connectivity index (χ4v) is 2.79. The average Bonchev–Trinajstić information content (AvgIpc) is 2.98. The highest BCUT2D eigenvalue weighted by atomic mass is 16.1. The Balaban J connectivity index is 1.56.